The first kappa shape index (κ1) is 14.8. The molecule has 0 saturated carbocycles. The minimum Gasteiger partial charge on any atom is -0.502 e. The highest BCUT2D eigenvalue weighted by atomic mass is 16.5. The van der Waals surface area contributed by atoms with E-state index in [4.69, 9.17) is 14.2 Å². The van der Waals surface area contributed by atoms with Crippen molar-refractivity contribution in [2.75, 3.05) is 21.3 Å². The minimum absolute atomic E-state index is 0.0768. The highest BCUT2D eigenvalue weighted by molar-refractivity contribution is 5.77. The van der Waals surface area contributed by atoms with Gasteiger partial charge in [0.25, 0.3) is 0 Å². The van der Waals surface area contributed by atoms with Crippen molar-refractivity contribution in [1.82, 2.24) is 0 Å². The second-order valence-electron chi connectivity index (χ2n) is 4.33. The first-order valence-corrected chi connectivity index (χ1v) is 6.46. The average molecular weight is 286 g/mol. The first-order chi connectivity index (χ1) is 10.2. The van der Waals surface area contributed by atoms with Crippen LogP contribution in [0.3, 0.4) is 0 Å². The molecule has 0 atom stereocenters. The van der Waals surface area contributed by atoms with Gasteiger partial charge >= 0.3 is 0 Å². The van der Waals surface area contributed by atoms with Crippen molar-refractivity contribution in [3.8, 4) is 23.0 Å². The van der Waals surface area contributed by atoms with Crippen LogP contribution in [0.25, 0.3) is 12.2 Å². The zero-order valence-electron chi connectivity index (χ0n) is 12.3. The standard InChI is InChI=1S/C17H18O4/c1-19-14-11-13(10-9-12-7-5-4-6-8-12)16(20-2)15(18)17(14)21-3/h4-11,18H,1-3H3. The number of methoxy groups -OCH3 is 3. The number of phenolic OH excluding ortho intramolecular Hbond substituents is 1. The van der Waals surface area contributed by atoms with Crippen LogP contribution < -0.4 is 14.2 Å². The van der Waals surface area contributed by atoms with Gasteiger partial charge in [-0.05, 0) is 11.6 Å². The van der Waals surface area contributed by atoms with Crippen molar-refractivity contribution in [3.63, 3.8) is 0 Å². The zero-order valence-corrected chi connectivity index (χ0v) is 12.3. The van der Waals surface area contributed by atoms with Gasteiger partial charge < -0.3 is 19.3 Å². The van der Waals surface area contributed by atoms with Crippen LogP contribution in [0.2, 0.25) is 0 Å². The van der Waals surface area contributed by atoms with Gasteiger partial charge in [-0.3, -0.25) is 0 Å². The Morgan fingerprint density at radius 2 is 1.52 bits per heavy atom. The third-order valence-corrected chi connectivity index (χ3v) is 3.09. The highest BCUT2D eigenvalue weighted by Gasteiger charge is 2.18. The zero-order chi connectivity index (χ0) is 15.2. The Labute approximate surface area is 124 Å². The van der Waals surface area contributed by atoms with Gasteiger partial charge in [0.05, 0.1) is 21.3 Å². The third-order valence-electron chi connectivity index (χ3n) is 3.09. The van der Waals surface area contributed by atoms with Gasteiger partial charge in [0, 0.05) is 5.56 Å². The predicted molar refractivity (Wildman–Crippen MR) is 83.1 cm³/mol. The quantitative estimate of drug-likeness (QED) is 0.853. The number of aromatic hydroxyl groups is 1. The van der Waals surface area contributed by atoms with Crippen LogP contribution in [0, 0.1) is 0 Å². The van der Waals surface area contributed by atoms with E-state index in [1.54, 1.807) is 6.07 Å². The van der Waals surface area contributed by atoms with E-state index in [0.717, 1.165) is 5.56 Å². The highest BCUT2D eigenvalue weighted by Crippen LogP contribution is 2.46. The van der Waals surface area contributed by atoms with Gasteiger partial charge in [0.1, 0.15) is 0 Å². The lowest BCUT2D eigenvalue weighted by atomic mass is 10.1. The molecule has 0 aromatic heterocycles. The Hall–Kier alpha value is -2.62. The summed E-state index contributed by atoms with van der Waals surface area (Å²) in [5.74, 6) is 0.974. The summed E-state index contributed by atoms with van der Waals surface area (Å²) in [6, 6.07) is 11.6. The van der Waals surface area contributed by atoms with Crippen LogP contribution in [0.15, 0.2) is 36.4 Å². The first-order valence-electron chi connectivity index (χ1n) is 6.46. The molecule has 0 unspecified atom stereocenters. The van der Waals surface area contributed by atoms with Crippen molar-refractivity contribution in [2.24, 2.45) is 0 Å². The number of ether oxygens (including phenoxy) is 3. The van der Waals surface area contributed by atoms with Crippen molar-refractivity contribution >= 4 is 12.2 Å². The minimum atomic E-state index is -0.0768. The van der Waals surface area contributed by atoms with Crippen LogP contribution in [0.1, 0.15) is 11.1 Å². The molecule has 4 nitrogen and oxygen atoms in total. The summed E-state index contributed by atoms with van der Waals surface area (Å²) in [4.78, 5) is 0. The molecule has 110 valence electrons. The molecule has 0 amide bonds. The maximum absolute atomic E-state index is 10.2. The molecule has 0 saturated heterocycles. The van der Waals surface area contributed by atoms with E-state index < -0.39 is 0 Å². The SMILES string of the molecule is COc1cc(C=Cc2ccccc2)c(OC)c(O)c1OC. The maximum Gasteiger partial charge on any atom is 0.207 e. The Morgan fingerprint density at radius 1 is 0.857 bits per heavy atom. The van der Waals surface area contributed by atoms with E-state index in [0.29, 0.717) is 17.1 Å². The molecule has 0 aliphatic carbocycles. The van der Waals surface area contributed by atoms with Gasteiger partial charge in [0.2, 0.25) is 11.5 Å². The molecule has 1 N–H and O–H groups in total. The molecular formula is C17H18O4. The summed E-state index contributed by atoms with van der Waals surface area (Å²) in [7, 11) is 4.49. The number of hydrogen-bond donors (Lipinski definition) is 1. The molecule has 0 aliphatic heterocycles. The second-order valence-corrected chi connectivity index (χ2v) is 4.33. The fraction of sp³-hybridized carbons (Fsp3) is 0.176. The molecule has 2 rings (SSSR count). The molecule has 0 aliphatic rings. The Bertz CT molecular complexity index is 633. The topological polar surface area (TPSA) is 47.9 Å². The lowest BCUT2D eigenvalue weighted by Gasteiger charge is -2.14. The Morgan fingerprint density at radius 3 is 2.10 bits per heavy atom. The normalized spacial score (nSPS) is 10.6. The average Bonchev–Trinajstić information content (AvgIpc) is 2.53. The summed E-state index contributed by atoms with van der Waals surface area (Å²) < 4.78 is 15.7. The van der Waals surface area contributed by atoms with Crippen LogP contribution in [-0.4, -0.2) is 26.4 Å². The summed E-state index contributed by atoms with van der Waals surface area (Å²) in [5, 5.41) is 10.2. The fourth-order valence-electron chi connectivity index (χ4n) is 2.07. The van der Waals surface area contributed by atoms with E-state index in [-0.39, 0.29) is 11.5 Å². The van der Waals surface area contributed by atoms with E-state index in [1.165, 1.54) is 21.3 Å². The molecular weight excluding hydrogens is 268 g/mol. The summed E-state index contributed by atoms with van der Waals surface area (Å²) >= 11 is 0. The molecule has 0 fully saturated rings. The molecule has 0 heterocycles. The summed E-state index contributed by atoms with van der Waals surface area (Å²) in [5.41, 5.74) is 1.75. The largest absolute Gasteiger partial charge is 0.502 e. The van der Waals surface area contributed by atoms with Gasteiger partial charge in [-0.25, -0.2) is 0 Å². The van der Waals surface area contributed by atoms with Crippen molar-refractivity contribution in [3.05, 3.63) is 47.5 Å². The molecule has 0 radical (unpaired) electrons. The molecule has 2 aromatic carbocycles. The van der Waals surface area contributed by atoms with Crippen LogP contribution in [-0.2, 0) is 0 Å². The van der Waals surface area contributed by atoms with E-state index >= 15 is 0 Å². The smallest absolute Gasteiger partial charge is 0.207 e. The van der Waals surface area contributed by atoms with Crippen LogP contribution in [0.5, 0.6) is 23.0 Å². The Balaban J connectivity index is 2.48. The third kappa shape index (κ3) is 3.11. The van der Waals surface area contributed by atoms with E-state index in [9.17, 15) is 5.11 Å². The number of hydrogen-bond acceptors (Lipinski definition) is 4. The number of phenols is 1. The summed E-state index contributed by atoms with van der Waals surface area (Å²) in [6.45, 7) is 0. The van der Waals surface area contributed by atoms with Gasteiger partial charge in [-0.2, -0.15) is 0 Å². The number of benzene rings is 2. The maximum atomic E-state index is 10.2. The van der Waals surface area contributed by atoms with Gasteiger partial charge in [-0.1, -0.05) is 42.5 Å². The molecule has 21 heavy (non-hydrogen) atoms. The lowest BCUT2D eigenvalue weighted by Crippen LogP contribution is -1.95. The molecule has 2 aromatic rings. The van der Waals surface area contributed by atoms with Gasteiger partial charge in [0.15, 0.2) is 11.5 Å². The summed E-state index contributed by atoms with van der Waals surface area (Å²) in [6.07, 6.45) is 3.79. The van der Waals surface area contributed by atoms with Crippen molar-refractivity contribution in [1.29, 1.82) is 0 Å². The lowest BCUT2D eigenvalue weighted by molar-refractivity contribution is 0.315. The predicted octanol–water partition coefficient (Wildman–Crippen LogP) is 3.59. The fourth-order valence-corrected chi connectivity index (χ4v) is 2.07. The van der Waals surface area contributed by atoms with E-state index in [1.807, 2.05) is 42.5 Å². The monoisotopic (exact) mass is 286 g/mol. The molecule has 4 heteroatoms. The second kappa shape index (κ2) is 6.70. The van der Waals surface area contributed by atoms with Crippen molar-refractivity contribution < 1.29 is 19.3 Å². The van der Waals surface area contributed by atoms with Crippen LogP contribution in [0.4, 0.5) is 0 Å². The van der Waals surface area contributed by atoms with Gasteiger partial charge in [-0.15, -0.1) is 0 Å². The number of rotatable bonds is 5. The van der Waals surface area contributed by atoms with E-state index in [2.05, 4.69) is 0 Å². The molecule has 0 spiro atoms. The Kier molecular flexibility index (Phi) is 4.72. The molecule has 0 bridgehead atoms. The van der Waals surface area contributed by atoms with Crippen LogP contribution >= 0.6 is 0 Å². The van der Waals surface area contributed by atoms with Crippen molar-refractivity contribution in [2.45, 2.75) is 0 Å².